The third-order valence-electron chi connectivity index (χ3n) is 7.28. The second-order valence-electron chi connectivity index (χ2n) is 10.0. The molecule has 11 heteroatoms. The number of hydrogen-bond donors (Lipinski definition) is 1. The zero-order chi connectivity index (χ0) is 27.4. The maximum absolute atomic E-state index is 13.3. The summed E-state index contributed by atoms with van der Waals surface area (Å²) < 4.78 is 46.1. The van der Waals surface area contributed by atoms with E-state index >= 15 is 0 Å². The number of rotatable bonds is 7. The number of nitrogens with one attached hydrogen (secondary N) is 1. The van der Waals surface area contributed by atoms with Gasteiger partial charge in [0, 0.05) is 49.7 Å². The summed E-state index contributed by atoms with van der Waals surface area (Å²) in [6, 6.07) is 11.6. The van der Waals surface area contributed by atoms with E-state index in [1.54, 1.807) is 0 Å². The average Bonchev–Trinajstić information content (AvgIpc) is 2.89. The van der Waals surface area contributed by atoms with Crippen LogP contribution >= 0.6 is 12.2 Å². The number of alkyl halides is 3. The van der Waals surface area contributed by atoms with Crippen LogP contribution in [0.4, 0.5) is 30.2 Å². The molecule has 1 aliphatic carbocycles. The van der Waals surface area contributed by atoms with E-state index in [-0.39, 0.29) is 23.9 Å². The number of nitro benzene ring substituents is 1. The number of aryl methyl sites for hydroxylation is 1. The average molecular weight is 551 g/mol. The lowest BCUT2D eigenvalue weighted by molar-refractivity contribution is -0.388. The highest BCUT2D eigenvalue weighted by Crippen LogP contribution is 2.38. The Morgan fingerprint density at radius 2 is 1.71 bits per heavy atom. The summed E-state index contributed by atoms with van der Waals surface area (Å²) >= 11 is 5.75. The molecule has 0 bridgehead atoms. The first-order chi connectivity index (χ1) is 18.0. The van der Waals surface area contributed by atoms with Gasteiger partial charge in [-0.2, -0.15) is 13.2 Å². The molecule has 2 aromatic rings. The van der Waals surface area contributed by atoms with Crippen molar-refractivity contribution in [1.82, 2.24) is 4.90 Å². The number of benzene rings is 2. The highest BCUT2D eigenvalue weighted by atomic mass is 32.1. The number of halogens is 3. The van der Waals surface area contributed by atoms with Gasteiger partial charge in [0.05, 0.1) is 11.0 Å². The van der Waals surface area contributed by atoms with Crippen LogP contribution in [-0.4, -0.2) is 59.2 Å². The Hall–Kier alpha value is -2.92. The van der Waals surface area contributed by atoms with Crippen LogP contribution in [0.15, 0.2) is 42.5 Å². The highest BCUT2D eigenvalue weighted by molar-refractivity contribution is 7.80. The smallest absolute Gasteiger partial charge is 0.382 e. The molecule has 0 aromatic heterocycles. The maximum atomic E-state index is 13.3. The fourth-order valence-electron chi connectivity index (χ4n) is 5.14. The third-order valence-corrected chi connectivity index (χ3v) is 7.87. The van der Waals surface area contributed by atoms with Crippen LogP contribution in [0.1, 0.15) is 43.7 Å². The van der Waals surface area contributed by atoms with Gasteiger partial charge in [-0.15, -0.1) is 0 Å². The van der Waals surface area contributed by atoms with Gasteiger partial charge < -0.3 is 19.9 Å². The van der Waals surface area contributed by atoms with Gasteiger partial charge in [0.15, 0.2) is 0 Å². The van der Waals surface area contributed by atoms with Crippen molar-refractivity contribution in [1.29, 1.82) is 0 Å². The summed E-state index contributed by atoms with van der Waals surface area (Å²) in [5, 5.41) is 14.1. The molecule has 4 rings (SSSR count). The van der Waals surface area contributed by atoms with E-state index < -0.39 is 22.4 Å². The summed E-state index contributed by atoms with van der Waals surface area (Å²) in [5.74, 6) is 0. The number of hydrogen-bond acceptors (Lipinski definition) is 6. The lowest BCUT2D eigenvalue weighted by atomic mass is 9.92. The van der Waals surface area contributed by atoms with Crippen molar-refractivity contribution >= 4 is 34.3 Å². The van der Waals surface area contributed by atoms with Gasteiger partial charge in [0.1, 0.15) is 16.7 Å². The number of anilines is 2. The summed E-state index contributed by atoms with van der Waals surface area (Å²) in [4.78, 5) is 15.4. The van der Waals surface area contributed by atoms with E-state index in [9.17, 15) is 23.3 Å². The molecule has 1 heterocycles. The molecule has 2 aromatic carbocycles. The van der Waals surface area contributed by atoms with Crippen LogP contribution in [0.2, 0.25) is 0 Å². The van der Waals surface area contributed by atoms with Gasteiger partial charge in [-0.3, -0.25) is 10.1 Å². The predicted molar refractivity (Wildman–Crippen MR) is 146 cm³/mol. The molecule has 7 nitrogen and oxygen atoms in total. The molecule has 2 fully saturated rings. The van der Waals surface area contributed by atoms with E-state index in [1.807, 2.05) is 6.92 Å². The first-order valence-electron chi connectivity index (χ1n) is 12.9. The first kappa shape index (κ1) is 28.1. The fourth-order valence-corrected chi connectivity index (χ4v) is 5.37. The predicted octanol–water partition coefficient (Wildman–Crippen LogP) is 6.20. The Kier molecular flexibility index (Phi) is 8.77. The molecule has 1 atom stereocenters. The summed E-state index contributed by atoms with van der Waals surface area (Å²) in [5.41, 5.74) is 0.505. The molecule has 0 spiro atoms. The Morgan fingerprint density at radius 1 is 1.08 bits per heavy atom. The number of nitro groups is 1. The van der Waals surface area contributed by atoms with E-state index in [0.717, 1.165) is 69.0 Å². The minimum Gasteiger partial charge on any atom is -0.382 e. The van der Waals surface area contributed by atoms with Gasteiger partial charge in [-0.25, -0.2) is 0 Å². The van der Waals surface area contributed by atoms with E-state index in [4.69, 9.17) is 17.0 Å². The Bertz CT molecular complexity index is 1130. The molecule has 1 saturated heterocycles. The first-order valence-corrected chi connectivity index (χ1v) is 13.3. The van der Waals surface area contributed by atoms with Crippen LogP contribution in [0.25, 0.3) is 0 Å². The molecule has 2 aliphatic rings. The van der Waals surface area contributed by atoms with Crippen molar-refractivity contribution in [3.8, 4) is 0 Å². The standard InChI is InChI=1S/C27H33F3N4O3S/c1-18-3-8-22(9-4-18)32-13-15-33(16-14-32)26(38)19(2)37-23-10-5-20(6-11-23)31-21-7-12-25(34(35)36)24(17-21)27(28,29)30/h3-4,7-9,12,17,19-20,23,31H,5-6,10-11,13-16H2,1-2H3. The molecule has 1 aliphatic heterocycles. The van der Waals surface area contributed by atoms with Crippen LogP contribution in [0.5, 0.6) is 0 Å². The van der Waals surface area contributed by atoms with Crippen molar-refractivity contribution < 1.29 is 22.8 Å². The monoisotopic (exact) mass is 550 g/mol. The second-order valence-corrected chi connectivity index (χ2v) is 10.4. The van der Waals surface area contributed by atoms with Crippen molar-refractivity contribution in [2.45, 2.75) is 64.0 Å². The number of piperazine rings is 1. The van der Waals surface area contributed by atoms with E-state index in [2.05, 4.69) is 46.3 Å². The van der Waals surface area contributed by atoms with Gasteiger partial charge in [0.25, 0.3) is 5.69 Å². The van der Waals surface area contributed by atoms with Gasteiger partial charge in [-0.1, -0.05) is 29.9 Å². The topological polar surface area (TPSA) is 70.9 Å². The highest BCUT2D eigenvalue weighted by Gasteiger charge is 2.38. The zero-order valence-corrected chi connectivity index (χ0v) is 22.4. The van der Waals surface area contributed by atoms with Gasteiger partial charge in [0.2, 0.25) is 0 Å². The molecular weight excluding hydrogens is 517 g/mol. The Labute approximate surface area is 226 Å². The van der Waals surface area contributed by atoms with E-state index in [1.165, 1.54) is 17.3 Å². The van der Waals surface area contributed by atoms with Gasteiger partial charge in [-0.05, 0) is 63.8 Å². The minimum atomic E-state index is -4.80. The largest absolute Gasteiger partial charge is 0.423 e. The van der Waals surface area contributed by atoms with E-state index in [0.29, 0.717) is 0 Å². The number of thiocarbonyl (C=S) groups is 1. The molecule has 0 radical (unpaired) electrons. The van der Waals surface area contributed by atoms with Crippen LogP contribution < -0.4 is 10.2 Å². The van der Waals surface area contributed by atoms with Crippen molar-refractivity contribution in [2.75, 3.05) is 36.4 Å². The maximum Gasteiger partial charge on any atom is 0.423 e. The van der Waals surface area contributed by atoms with Crippen molar-refractivity contribution in [3.05, 3.63) is 63.7 Å². The molecule has 1 saturated carbocycles. The van der Waals surface area contributed by atoms with Crippen LogP contribution in [0.3, 0.4) is 0 Å². The lowest BCUT2D eigenvalue weighted by Crippen LogP contribution is -2.51. The molecule has 0 amide bonds. The molecule has 206 valence electrons. The number of nitrogens with zero attached hydrogens (tertiary/aromatic N) is 3. The van der Waals surface area contributed by atoms with Crippen molar-refractivity contribution in [3.63, 3.8) is 0 Å². The molecule has 1 N–H and O–H groups in total. The minimum absolute atomic E-state index is 0.0254. The fraction of sp³-hybridized carbons (Fsp3) is 0.519. The molecule has 38 heavy (non-hydrogen) atoms. The normalized spacial score (nSPS) is 21.2. The van der Waals surface area contributed by atoms with Crippen molar-refractivity contribution in [2.24, 2.45) is 0 Å². The van der Waals surface area contributed by atoms with Gasteiger partial charge >= 0.3 is 6.18 Å². The summed E-state index contributed by atoms with van der Waals surface area (Å²) in [7, 11) is 0. The SMILES string of the molecule is Cc1ccc(N2CCN(C(=S)C(C)OC3CCC(Nc4ccc([N+](=O)[O-])c(C(F)(F)F)c4)CC3)CC2)cc1. The second kappa shape index (κ2) is 11.9. The van der Waals surface area contributed by atoms with Crippen LogP contribution in [0, 0.1) is 17.0 Å². The summed E-state index contributed by atoms with van der Waals surface area (Å²) in [6.07, 6.45) is -2.02. The lowest BCUT2D eigenvalue weighted by Gasteiger charge is -2.39. The Morgan fingerprint density at radius 3 is 2.29 bits per heavy atom. The summed E-state index contributed by atoms with van der Waals surface area (Å²) in [6.45, 7) is 7.53. The third kappa shape index (κ3) is 6.93. The Balaban J connectivity index is 1.23. The zero-order valence-electron chi connectivity index (χ0n) is 21.5. The van der Waals surface area contributed by atoms with Crippen LogP contribution in [-0.2, 0) is 10.9 Å². The molecule has 1 unspecified atom stereocenters. The number of ether oxygens (including phenoxy) is 1. The quantitative estimate of drug-likeness (QED) is 0.250. The molecular formula is C27H33F3N4O3S.